The predicted octanol–water partition coefficient (Wildman–Crippen LogP) is 3.18. The van der Waals surface area contributed by atoms with Crippen molar-refractivity contribution >= 4 is 35.2 Å². The van der Waals surface area contributed by atoms with Gasteiger partial charge in [-0.3, -0.25) is 4.79 Å². The van der Waals surface area contributed by atoms with Crippen LogP contribution in [0.1, 0.15) is 22.7 Å². The van der Waals surface area contributed by atoms with Gasteiger partial charge >= 0.3 is 5.97 Å². The molecule has 9 nitrogen and oxygen atoms in total. The van der Waals surface area contributed by atoms with E-state index in [1.165, 1.54) is 0 Å². The van der Waals surface area contributed by atoms with Gasteiger partial charge in [0, 0.05) is 41.8 Å². The number of aromatic amines is 2. The maximum Gasteiger partial charge on any atom is 0.326 e. The van der Waals surface area contributed by atoms with Gasteiger partial charge in [0.1, 0.15) is 6.04 Å². The molecule has 1 amide bonds. The largest absolute Gasteiger partial charge is 0.480 e. The summed E-state index contributed by atoms with van der Waals surface area (Å²) in [7, 11) is 0. The lowest BCUT2D eigenvalue weighted by Gasteiger charge is -2.21. The van der Waals surface area contributed by atoms with Gasteiger partial charge in [-0.05, 0) is 29.3 Å². The summed E-state index contributed by atoms with van der Waals surface area (Å²) in [5, 5.41) is 13.5. The SMILES string of the molecule is Cl.O=C(N[C@@H](Cc1c[nH]c2ccccc12)C(=O)O)C(Cc1cnc[nH]1)c1ccc2c(c1)OCO2. The Morgan fingerprint density at radius 3 is 2.71 bits per heavy atom. The maximum atomic E-state index is 13.4. The number of aliphatic carboxylic acids is 1. The molecule has 1 unspecified atom stereocenters. The third kappa shape index (κ3) is 4.69. The molecule has 2 aromatic heterocycles. The Bertz CT molecular complexity index is 1300. The number of aromatic nitrogens is 3. The van der Waals surface area contributed by atoms with E-state index in [4.69, 9.17) is 9.47 Å². The van der Waals surface area contributed by atoms with E-state index in [0.29, 0.717) is 23.5 Å². The number of amides is 1. The summed E-state index contributed by atoms with van der Waals surface area (Å²) in [5.74, 6) is -0.967. The number of nitrogens with one attached hydrogen (secondary N) is 3. The molecule has 4 aromatic rings. The molecule has 0 fully saturated rings. The number of ether oxygens (including phenoxy) is 2. The minimum Gasteiger partial charge on any atom is -0.480 e. The number of carbonyl (C=O) groups is 2. The van der Waals surface area contributed by atoms with Crippen LogP contribution in [0.15, 0.2) is 61.2 Å². The van der Waals surface area contributed by atoms with Crippen molar-refractivity contribution in [1.82, 2.24) is 20.3 Å². The highest BCUT2D eigenvalue weighted by molar-refractivity contribution is 5.89. The van der Waals surface area contributed by atoms with E-state index in [0.717, 1.165) is 22.2 Å². The lowest BCUT2D eigenvalue weighted by molar-refractivity contribution is -0.142. The highest BCUT2D eigenvalue weighted by Gasteiger charge is 2.29. The van der Waals surface area contributed by atoms with Gasteiger partial charge in [0.05, 0.1) is 12.2 Å². The zero-order valence-corrected chi connectivity index (χ0v) is 18.8. The van der Waals surface area contributed by atoms with Crippen LogP contribution in [0, 0.1) is 0 Å². The standard InChI is InChI=1S/C24H22N4O5.ClH/c29-23(28-20(24(30)31)7-15-10-26-19-4-2-1-3-17(15)19)18(9-16-11-25-12-27-16)14-5-6-21-22(8-14)33-13-32-21;/h1-6,8,10-12,18,20,26H,7,9,13H2,(H,25,27)(H,28,29)(H,30,31);1H/t18?,20-;/m0./s1. The number of hydrogen-bond acceptors (Lipinski definition) is 5. The predicted molar refractivity (Wildman–Crippen MR) is 126 cm³/mol. The van der Waals surface area contributed by atoms with Crippen molar-refractivity contribution in [3.8, 4) is 11.5 Å². The number of para-hydroxylation sites is 1. The van der Waals surface area contributed by atoms with E-state index in [2.05, 4.69) is 20.3 Å². The van der Waals surface area contributed by atoms with Crippen molar-refractivity contribution in [2.24, 2.45) is 0 Å². The molecule has 5 rings (SSSR count). The molecule has 1 aliphatic heterocycles. The van der Waals surface area contributed by atoms with Gasteiger partial charge < -0.3 is 29.9 Å². The Hall–Kier alpha value is -3.98. The molecule has 1 aliphatic rings. The number of imidazole rings is 1. The van der Waals surface area contributed by atoms with Crippen LogP contribution in [-0.2, 0) is 22.4 Å². The maximum absolute atomic E-state index is 13.4. The van der Waals surface area contributed by atoms with Crippen molar-refractivity contribution in [1.29, 1.82) is 0 Å². The molecule has 0 saturated heterocycles. The minimum absolute atomic E-state index is 0. The molecule has 10 heteroatoms. The number of hydrogen-bond donors (Lipinski definition) is 4. The first kappa shape index (κ1) is 23.2. The first-order valence-electron chi connectivity index (χ1n) is 10.5. The highest BCUT2D eigenvalue weighted by atomic mass is 35.5. The monoisotopic (exact) mass is 482 g/mol. The van der Waals surface area contributed by atoms with Gasteiger partial charge in [-0.2, -0.15) is 0 Å². The van der Waals surface area contributed by atoms with Gasteiger partial charge in [0.25, 0.3) is 0 Å². The van der Waals surface area contributed by atoms with Gasteiger partial charge in [-0.15, -0.1) is 12.4 Å². The van der Waals surface area contributed by atoms with Crippen LogP contribution < -0.4 is 14.8 Å². The molecular weight excluding hydrogens is 460 g/mol. The van der Waals surface area contributed by atoms with Gasteiger partial charge in [-0.25, -0.2) is 9.78 Å². The van der Waals surface area contributed by atoms with E-state index in [9.17, 15) is 14.7 Å². The Kier molecular flexibility index (Phi) is 6.74. The van der Waals surface area contributed by atoms with Crippen molar-refractivity contribution in [2.45, 2.75) is 24.8 Å². The lowest BCUT2D eigenvalue weighted by Crippen LogP contribution is -2.44. The number of rotatable bonds is 8. The molecule has 0 radical (unpaired) electrons. The van der Waals surface area contributed by atoms with Crippen molar-refractivity contribution in [3.63, 3.8) is 0 Å². The number of carboxylic acid groups (broad SMARTS) is 1. The molecule has 34 heavy (non-hydrogen) atoms. The normalized spacial score (nSPS) is 13.8. The van der Waals surface area contributed by atoms with Crippen LogP contribution in [0.2, 0.25) is 0 Å². The van der Waals surface area contributed by atoms with Crippen LogP contribution in [0.3, 0.4) is 0 Å². The molecule has 3 heterocycles. The third-order valence-corrected chi connectivity index (χ3v) is 5.81. The second kappa shape index (κ2) is 9.88. The van der Waals surface area contributed by atoms with Gasteiger partial charge in [0.2, 0.25) is 12.7 Å². The molecule has 2 aromatic carbocycles. The smallest absolute Gasteiger partial charge is 0.326 e. The number of carbonyl (C=O) groups excluding carboxylic acids is 1. The number of carboxylic acids is 1. The average Bonchev–Trinajstić information content (AvgIpc) is 3.57. The number of fused-ring (bicyclic) bond motifs is 2. The summed E-state index contributed by atoms with van der Waals surface area (Å²) in [6.45, 7) is 0.127. The quantitative estimate of drug-likeness (QED) is 0.305. The topological polar surface area (TPSA) is 129 Å². The Morgan fingerprint density at radius 1 is 1.09 bits per heavy atom. The summed E-state index contributed by atoms with van der Waals surface area (Å²) >= 11 is 0. The van der Waals surface area contributed by atoms with Crippen molar-refractivity contribution < 1.29 is 24.2 Å². The summed E-state index contributed by atoms with van der Waals surface area (Å²) in [6.07, 6.45) is 5.45. The average molecular weight is 483 g/mol. The van der Waals surface area contributed by atoms with E-state index in [-0.39, 0.29) is 25.6 Å². The van der Waals surface area contributed by atoms with Crippen molar-refractivity contribution in [3.05, 3.63) is 78.0 Å². The number of H-pyrrole nitrogens is 2. The Balaban J connectivity index is 0.00000274. The fourth-order valence-electron chi connectivity index (χ4n) is 4.10. The van der Waals surface area contributed by atoms with E-state index < -0.39 is 23.8 Å². The summed E-state index contributed by atoms with van der Waals surface area (Å²) < 4.78 is 10.8. The number of halogens is 1. The second-order valence-electron chi connectivity index (χ2n) is 7.91. The molecule has 4 N–H and O–H groups in total. The minimum atomic E-state index is -1.10. The first-order valence-corrected chi connectivity index (χ1v) is 10.5. The van der Waals surface area contributed by atoms with Crippen LogP contribution in [-0.4, -0.2) is 44.8 Å². The number of benzene rings is 2. The van der Waals surface area contributed by atoms with Gasteiger partial charge in [0.15, 0.2) is 11.5 Å². The molecular formula is C24H23ClN4O5. The molecule has 176 valence electrons. The molecule has 0 spiro atoms. The Labute approximate surface area is 200 Å². The molecule has 2 atom stereocenters. The van der Waals surface area contributed by atoms with Crippen molar-refractivity contribution in [2.75, 3.05) is 6.79 Å². The highest BCUT2D eigenvalue weighted by Crippen LogP contribution is 2.35. The van der Waals surface area contributed by atoms with Gasteiger partial charge in [-0.1, -0.05) is 24.3 Å². The fraction of sp³-hybridized carbons (Fsp3) is 0.208. The second-order valence-corrected chi connectivity index (χ2v) is 7.91. The van der Waals surface area contributed by atoms with Crippen LogP contribution >= 0.6 is 12.4 Å². The summed E-state index contributed by atoms with van der Waals surface area (Å²) in [5.41, 5.74) is 3.20. The van der Waals surface area contributed by atoms with E-state index >= 15 is 0 Å². The summed E-state index contributed by atoms with van der Waals surface area (Å²) in [6, 6.07) is 11.9. The van der Waals surface area contributed by atoms with E-state index in [1.54, 1.807) is 36.9 Å². The first-order chi connectivity index (χ1) is 16.1. The summed E-state index contributed by atoms with van der Waals surface area (Å²) in [4.78, 5) is 35.6. The number of nitrogens with zero attached hydrogens (tertiary/aromatic N) is 1. The van der Waals surface area contributed by atoms with Crippen LogP contribution in [0.5, 0.6) is 11.5 Å². The van der Waals surface area contributed by atoms with E-state index in [1.807, 2.05) is 24.3 Å². The zero-order valence-electron chi connectivity index (χ0n) is 18.0. The van der Waals surface area contributed by atoms with Crippen LogP contribution in [0.25, 0.3) is 10.9 Å². The lowest BCUT2D eigenvalue weighted by atomic mass is 9.92. The third-order valence-electron chi connectivity index (χ3n) is 5.81. The molecule has 0 saturated carbocycles. The zero-order chi connectivity index (χ0) is 22.8. The molecule has 0 bridgehead atoms. The molecule has 0 aliphatic carbocycles. The Morgan fingerprint density at radius 2 is 1.91 bits per heavy atom. The fourth-order valence-corrected chi connectivity index (χ4v) is 4.10. The van der Waals surface area contributed by atoms with Crippen LogP contribution in [0.4, 0.5) is 0 Å².